The number of rotatable bonds is 22. The summed E-state index contributed by atoms with van der Waals surface area (Å²) >= 11 is 0. The Hall–Kier alpha value is -0.820. The van der Waals surface area contributed by atoms with Gasteiger partial charge in [-0.25, -0.2) is 0 Å². The van der Waals surface area contributed by atoms with E-state index in [-0.39, 0.29) is 0 Å². The van der Waals surface area contributed by atoms with Crippen molar-refractivity contribution in [2.24, 2.45) is 0 Å². The summed E-state index contributed by atoms with van der Waals surface area (Å²) in [5.41, 5.74) is 1.73. The second-order valence-corrected chi connectivity index (χ2v) is 9.25. The van der Waals surface area contributed by atoms with Crippen molar-refractivity contribution < 1.29 is 0 Å². The van der Waals surface area contributed by atoms with Gasteiger partial charge in [0, 0.05) is 0 Å². The molecule has 0 rings (SSSR count). The highest BCUT2D eigenvalue weighted by Crippen LogP contribution is 2.17. The van der Waals surface area contributed by atoms with Crippen LogP contribution >= 0.6 is 0 Å². The molecule has 0 amide bonds. The molecule has 0 fully saturated rings. The standard InChI is InChI=1S/C29H55N/c1-5-7-8-9-10-11-12-13-14-15-16-17-18-19-20-22-26-29(25-6-2)27-23-21-24-28-30(3)4/h10-11,13-14,27H,5-9,12,15-26,28H2,1-4H3/b11-10-,14-13-,29-27-. The lowest BCUT2D eigenvalue weighted by molar-refractivity contribution is 0.395. The molecule has 1 nitrogen and oxygen atoms in total. The Morgan fingerprint density at radius 2 is 1.17 bits per heavy atom. The summed E-state index contributed by atoms with van der Waals surface area (Å²) in [5.74, 6) is 0. The van der Waals surface area contributed by atoms with E-state index in [1.54, 1.807) is 5.57 Å². The van der Waals surface area contributed by atoms with Crippen LogP contribution in [0.25, 0.3) is 0 Å². The molecule has 0 aromatic rings. The number of hydrogen-bond donors (Lipinski definition) is 0. The summed E-state index contributed by atoms with van der Waals surface area (Å²) in [5, 5.41) is 0. The van der Waals surface area contributed by atoms with E-state index in [0.717, 1.165) is 6.42 Å². The van der Waals surface area contributed by atoms with Crippen molar-refractivity contribution in [3.63, 3.8) is 0 Å². The number of hydrogen-bond acceptors (Lipinski definition) is 1. The third kappa shape index (κ3) is 23.5. The Labute approximate surface area is 191 Å². The van der Waals surface area contributed by atoms with Gasteiger partial charge in [0.15, 0.2) is 0 Å². The van der Waals surface area contributed by atoms with Gasteiger partial charge in [0.2, 0.25) is 0 Å². The minimum Gasteiger partial charge on any atom is -0.309 e. The van der Waals surface area contributed by atoms with Crippen LogP contribution in [0.3, 0.4) is 0 Å². The van der Waals surface area contributed by atoms with Gasteiger partial charge in [0.25, 0.3) is 0 Å². The topological polar surface area (TPSA) is 3.24 Å². The SMILES string of the molecule is CCCCC/C=C\C/C=C\CCCCCCCC/C(=C\CCCCN(C)C)CCC. The largest absolute Gasteiger partial charge is 0.309 e. The lowest BCUT2D eigenvalue weighted by Crippen LogP contribution is -2.12. The number of unbranched alkanes of at least 4 members (excludes halogenated alkanes) is 11. The monoisotopic (exact) mass is 417 g/mol. The zero-order valence-electron chi connectivity index (χ0n) is 21.3. The molecule has 0 aromatic carbocycles. The average molecular weight is 418 g/mol. The van der Waals surface area contributed by atoms with E-state index in [2.05, 4.69) is 63.2 Å². The van der Waals surface area contributed by atoms with Gasteiger partial charge in [-0.1, -0.05) is 94.7 Å². The highest BCUT2D eigenvalue weighted by molar-refractivity contribution is 5.01. The Bertz CT molecular complexity index is 416. The summed E-state index contributed by atoms with van der Waals surface area (Å²) in [6.07, 6.45) is 36.0. The van der Waals surface area contributed by atoms with Crippen LogP contribution in [0.1, 0.15) is 129 Å². The van der Waals surface area contributed by atoms with Crippen LogP contribution in [-0.2, 0) is 0 Å². The maximum atomic E-state index is 2.56. The summed E-state index contributed by atoms with van der Waals surface area (Å²) in [4.78, 5) is 2.29. The van der Waals surface area contributed by atoms with Crippen molar-refractivity contribution in [2.45, 2.75) is 129 Å². The fourth-order valence-corrected chi connectivity index (χ4v) is 3.87. The first-order valence-corrected chi connectivity index (χ1v) is 13.3. The zero-order chi connectivity index (χ0) is 22.1. The third-order valence-corrected chi connectivity index (χ3v) is 5.76. The Kier molecular flexibility index (Phi) is 23.8. The summed E-state index contributed by atoms with van der Waals surface area (Å²) in [6.45, 7) is 5.81. The normalized spacial score (nSPS) is 12.8. The highest BCUT2D eigenvalue weighted by Gasteiger charge is 1.98. The van der Waals surface area contributed by atoms with Crippen LogP contribution in [-0.4, -0.2) is 25.5 Å². The van der Waals surface area contributed by atoms with E-state index in [1.165, 1.54) is 116 Å². The quantitative estimate of drug-likeness (QED) is 0.125. The summed E-state index contributed by atoms with van der Waals surface area (Å²) in [7, 11) is 4.34. The molecule has 30 heavy (non-hydrogen) atoms. The molecule has 0 radical (unpaired) electrons. The van der Waals surface area contributed by atoms with Crippen molar-refractivity contribution in [1.29, 1.82) is 0 Å². The molecule has 0 aliphatic heterocycles. The van der Waals surface area contributed by atoms with Gasteiger partial charge in [0.05, 0.1) is 0 Å². The first kappa shape index (κ1) is 29.2. The Morgan fingerprint density at radius 1 is 0.567 bits per heavy atom. The molecule has 176 valence electrons. The molecule has 0 atom stereocenters. The van der Waals surface area contributed by atoms with Gasteiger partial charge in [-0.15, -0.1) is 0 Å². The molecule has 0 saturated carbocycles. The van der Waals surface area contributed by atoms with Crippen molar-refractivity contribution in [3.8, 4) is 0 Å². The second kappa shape index (κ2) is 24.4. The summed E-state index contributed by atoms with van der Waals surface area (Å²) in [6, 6.07) is 0. The first-order valence-electron chi connectivity index (χ1n) is 13.3. The maximum absolute atomic E-state index is 2.56. The molecule has 0 spiro atoms. The van der Waals surface area contributed by atoms with E-state index >= 15 is 0 Å². The Morgan fingerprint density at radius 3 is 1.80 bits per heavy atom. The fourth-order valence-electron chi connectivity index (χ4n) is 3.87. The number of allylic oxidation sites excluding steroid dienone is 6. The van der Waals surface area contributed by atoms with Crippen molar-refractivity contribution in [1.82, 2.24) is 4.90 Å². The van der Waals surface area contributed by atoms with Gasteiger partial charge in [0.1, 0.15) is 0 Å². The smallest absolute Gasteiger partial charge is 0.00247 e. The van der Waals surface area contributed by atoms with E-state index in [4.69, 9.17) is 0 Å². The van der Waals surface area contributed by atoms with Crippen LogP contribution in [0.5, 0.6) is 0 Å². The highest BCUT2D eigenvalue weighted by atomic mass is 15.0. The Balaban J connectivity index is 3.55. The van der Waals surface area contributed by atoms with Crippen LogP contribution in [0.15, 0.2) is 36.0 Å². The van der Waals surface area contributed by atoms with Crippen LogP contribution in [0.4, 0.5) is 0 Å². The molecule has 0 aromatic heterocycles. The molecule has 0 unspecified atom stereocenters. The molecule has 0 aliphatic carbocycles. The second-order valence-electron chi connectivity index (χ2n) is 9.25. The van der Waals surface area contributed by atoms with Crippen LogP contribution < -0.4 is 0 Å². The first-order chi connectivity index (χ1) is 14.7. The molecular weight excluding hydrogens is 362 g/mol. The minimum atomic E-state index is 1.12. The lowest BCUT2D eigenvalue weighted by atomic mass is 10.00. The zero-order valence-corrected chi connectivity index (χ0v) is 21.3. The van der Waals surface area contributed by atoms with E-state index < -0.39 is 0 Å². The number of nitrogens with zero attached hydrogens (tertiary/aromatic N) is 1. The average Bonchev–Trinajstić information content (AvgIpc) is 2.72. The van der Waals surface area contributed by atoms with E-state index in [1.807, 2.05) is 0 Å². The molecular formula is C29H55N. The minimum absolute atomic E-state index is 1.12. The predicted octanol–water partition coefficient (Wildman–Crippen LogP) is 9.65. The van der Waals surface area contributed by atoms with Gasteiger partial charge < -0.3 is 4.90 Å². The van der Waals surface area contributed by atoms with Crippen LogP contribution in [0, 0.1) is 0 Å². The molecule has 0 bridgehead atoms. The predicted molar refractivity (Wildman–Crippen MR) is 139 cm³/mol. The van der Waals surface area contributed by atoms with Gasteiger partial charge in [-0.3, -0.25) is 0 Å². The summed E-state index contributed by atoms with van der Waals surface area (Å²) < 4.78 is 0. The van der Waals surface area contributed by atoms with E-state index in [0.29, 0.717) is 0 Å². The molecule has 0 heterocycles. The molecule has 0 saturated heterocycles. The van der Waals surface area contributed by atoms with Crippen molar-refractivity contribution in [2.75, 3.05) is 20.6 Å². The molecule has 0 aliphatic rings. The van der Waals surface area contributed by atoms with Gasteiger partial charge in [-0.2, -0.15) is 0 Å². The molecule has 1 heteroatoms. The third-order valence-electron chi connectivity index (χ3n) is 5.76. The van der Waals surface area contributed by atoms with Crippen molar-refractivity contribution in [3.05, 3.63) is 36.0 Å². The van der Waals surface area contributed by atoms with E-state index in [9.17, 15) is 0 Å². The maximum Gasteiger partial charge on any atom is -0.00247 e. The van der Waals surface area contributed by atoms with Gasteiger partial charge >= 0.3 is 0 Å². The lowest BCUT2D eigenvalue weighted by Gasteiger charge is -2.09. The van der Waals surface area contributed by atoms with Crippen LogP contribution in [0.2, 0.25) is 0 Å². The van der Waals surface area contributed by atoms with Crippen molar-refractivity contribution >= 4 is 0 Å². The molecule has 0 N–H and O–H groups in total. The fraction of sp³-hybridized carbons (Fsp3) is 0.793. The van der Waals surface area contributed by atoms with Gasteiger partial charge in [-0.05, 0) is 91.3 Å².